The molecule has 4 nitrogen and oxygen atoms in total. The smallest absolute Gasteiger partial charge is 0.242 e. The summed E-state index contributed by atoms with van der Waals surface area (Å²) in [6.07, 6.45) is 0.259. The van der Waals surface area contributed by atoms with Crippen molar-refractivity contribution in [1.82, 2.24) is 10.2 Å². The second-order valence-corrected chi connectivity index (χ2v) is 6.54. The van der Waals surface area contributed by atoms with E-state index in [1.165, 1.54) is 0 Å². The number of halogens is 1. The molecule has 0 aliphatic carbocycles. The van der Waals surface area contributed by atoms with Gasteiger partial charge in [-0.25, -0.2) is 0 Å². The first-order valence-electron chi connectivity index (χ1n) is 8.21. The third-order valence-corrected chi connectivity index (χ3v) is 4.41. The van der Waals surface area contributed by atoms with Crippen LogP contribution in [0.25, 0.3) is 0 Å². The largest absolute Gasteiger partial charge is 0.357 e. The lowest BCUT2D eigenvalue weighted by atomic mass is 10.1. The van der Waals surface area contributed by atoms with Crippen molar-refractivity contribution in [2.75, 3.05) is 7.05 Å². The zero-order valence-corrected chi connectivity index (χ0v) is 15.5. The SMILES string of the molecule is CNC(=O)C(C)N(Cc1ccc(Cl)cc1)C(=O)Cc1ccc(C)cc1. The molecule has 0 aromatic heterocycles. The normalized spacial score (nSPS) is 11.7. The molecule has 2 amide bonds. The number of hydrogen-bond donors (Lipinski definition) is 1. The Morgan fingerprint density at radius 2 is 1.60 bits per heavy atom. The zero-order chi connectivity index (χ0) is 18.4. The number of carbonyl (C=O) groups excluding carboxylic acids is 2. The zero-order valence-electron chi connectivity index (χ0n) is 14.8. The quantitative estimate of drug-likeness (QED) is 0.860. The van der Waals surface area contributed by atoms with E-state index in [0.29, 0.717) is 11.6 Å². The molecule has 0 bridgehead atoms. The number of hydrogen-bond acceptors (Lipinski definition) is 2. The van der Waals surface area contributed by atoms with Crippen molar-refractivity contribution in [2.45, 2.75) is 32.9 Å². The molecule has 0 saturated carbocycles. The Labute approximate surface area is 153 Å². The van der Waals surface area contributed by atoms with Crippen LogP contribution in [0.15, 0.2) is 48.5 Å². The lowest BCUT2D eigenvalue weighted by Gasteiger charge is -2.28. The number of carbonyl (C=O) groups is 2. The van der Waals surface area contributed by atoms with E-state index >= 15 is 0 Å². The van der Waals surface area contributed by atoms with E-state index in [9.17, 15) is 9.59 Å². The van der Waals surface area contributed by atoms with E-state index in [1.807, 2.05) is 43.3 Å². The number of benzene rings is 2. The lowest BCUT2D eigenvalue weighted by Crippen LogP contribution is -2.47. The van der Waals surface area contributed by atoms with Crippen LogP contribution in [0.3, 0.4) is 0 Å². The second kappa shape index (κ2) is 8.67. The summed E-state index contributed by atoms with van der Waals surface area (Å²) in [4.78, 5) is 26.5. The van der Waals surface area contributed by atoms with Crippen molar-refractivity contribution in [1.29, 1.82) is 0 Å². The van der Waals surface area contributed by atoms with Gasteiger partial charge < -0.3 is 10.2 Å². The summed E-state index contributed by atoms with van der Waals surface area (Å²) in [6, 6.07) is 14.6. The molecule has 0 radical (unpaired) electrons. The van der Waals surface area contributed by atoms with E-state index in [1.54, 1.807) is 31.0 Å². The van der Waals surface area contributed by atoms with E-state index < -0.39 is 6.04 Å². The van der Waals surface area contributed by atoms with Crippen molar-refractivity contribution < 1.29 is 9.59 Å². The van der Waals surface area contributed by atoms with Crippen LogP contribution in [0.5, 0.6) is 0 Å². The maximum atomic E-state index is 12.9. The van der Waals surface area contributed by atoms with Gasteiger partial charge in [0.1, 0.15) is 6.04 Å². The average molecular weight is 359 g/mol. The van der Waals surface area contributed by atoms with E-state index in [2.05, 4.69) is 5.32 Å². The fourth-order valence-electron chi connectivity index (χ4n) is 2.56. The lowest BCUT2D eigenvalue weighted by molar-refractivity contribution is -0.139. The van der Waals surface area contributed by atoms with Gasteiger partial charge in [0.05, 0.1) is 6.42 Å². The van der Waals surface area contributed by atoms with Crippen molar-refractivity contribution >= 4 is 23.4 Å². The Morgan fingerprint density at radius 1 is 1.04 bits per heavy atom. The highest BCUT2D eigenvalue weighted by molar-refractivity contribution is 6.30. The minimum atomic E-state index is -0.557. The predicted octanol–water partition coefficient (Wildman–Crippen LogP) is 3.35. The summed E-state index contributed by atoms with van der Waals surface area (Å²) >= 11 is 5.92. The molecule has 0 aliphatic rings. The molecule has 0 aliphatic heterocycles. The third kappa shape index (κ3) is 5.33. The van der Waals surface area contributed by atoms with Gasteiger partial charge in [0.2, 0.25) is 11.8 Å². The first-order chi connectivity index (χ1) is 11.9. The van der Waals surface area contributed by atoms with Crippen LogP contribution < -0.4 is 5.32 Å². The summed E-state index contributed by atoms with van der Waals surface area (Å²) < 4.78 is 0. The minimum absolute atomic E-state index is 0.0881. The van der Waals surface area contributed by atoms with E-state index in [4.69, 9.17) is 11.6 Å². The van der Waals surface area contributed by atoms with Crippen LogP contribution in [-0.4, -0.2) is 29.8 Å². The van der Waals surface area contributed by atoms with Gasteiger partial charge in [-0.05, 0) is 37.1 Å². The number of nitrogens with zero attached hydrogens (tertiary/aromatic N) is 1. The van der Waals surface area contributed by atoms with Crippen LogP contribution in [0.2, 0.25) is 5.02 Å². The Morgan fingerprint density at radius 3 is 2.16 bits per heavy atom. The monoisotopic (exact) mass is 358 g/mol. The summed E-state index contributed by atoms with van der Waals surface area (Å²) in [7, 11) is 1.57. The predicted molar refractivity (Wildman–Crippen MR) is 100 cm³/mol. The number of likely N-dealkylation sites (N-methyl/N-ethyl adjacent to an activating group) is 1. The van der Waals surface area contributed by atoms with Gasteiger partial charge in [-0.15, -0.1) is 0 Å². The van der Waals surface area contributed by atoms with E-state index in [-0.39, 0.29) is 18.2 Å². The van der Waals surface area contributed by atoms with Crippen molar-refractivity contribution in [3.05, 3.63) is 70.2 Å². The van der Waals surface area contributed by atoms with Crippen molar-refractivity contribution in [3.8, 4) is 0 Å². The van der Waals surface area contributed by atoms with Gasteiger partial charge in [0.15, 0.2) is 0 Å². The van der Waals surface area contributed by atoms with Crippen molar-refractivity contribution in [3.63, 3.8) is 0 Å². The van der Waals surface area contributed by atoms with Crippen LogP contribution in [0.1, 0.15) is 23.6 Å². The molecule has 0 heterocycles. The Balaban J connectivity index is 2.20. The first kappa shape index (κ1) is 19.0. The molecule has 1 unspecified atom stereocenters. The highest BCUT2D eigenvalue weighted by atomic mass is 35.5. The minimum Gasteiger partial charge on any atom is -0.357 e. The molecule has 0 spiro atoms. The molecule has 1 N–H and O–H groups in total. The summed E-state index contributed by atoms with van der Waals surface area (Å²) in [5.41, 5.74) is 3.01. The van der Waals surface area contributed by atoms with Gasteiger partial charge in [-0.2, -0.15) is 0 Å². The van der Waals surface area contributed by atoms with Crippen molar-refractivity contribution in [2.24, 2.45) is 0 Å². The van der Waals surface area contributed by atoms with Crippen LogP contribution in [0, 0.1) is 6.92 Å². The summed E-state index contributed by atoms with van der Waals surface area (Å²) in [6.45, 7) is 4.10. The topological polar surface area (TPSA) is 49.4 Å². The fraction of sp³-hybridized carbons (Fsp3) is 0.300. The average Bonchev–Trinajstić information content (AvgIpc) is 2.61. The third-order valence-electron chi connectivity index (χ3n) is 4.16. The Bertz CT molecular complexity index is 726. The second-order valence-electron chi connectivity index (χ2n) is 6.10. The van der Waals surface area contributed by atoms with Gasteiger partial charge in [0, 0.05) is 18.6 Å². The molecular formula is C20H23ClN2O2. The standard InChI is InChI=1S/C20H23ClN2O2/c1-14-4-6-16(7-5-14)12-19(24)23(15(2)20(25)22-3)13-17-8-10-18(21)11-9-17/h4-11,15H,12-13H2,1-3H3,(H,22,25). The van der Waals surface area contributed by atoms with Crippen LogP contribution in [0.4, 0.5) is 0 Å². The molecule has 2 rings (SSSR count). The maximum absolute atomic E-state index is 12.9. The number of nitrogens with one attached hydrogen (secondary N) is 1. The molecular weight excluding hydrogens is 336 g/mol. The molecule has 2 aromatic carbocycles. The molecule has 25 heavy (non-hydrogen) atoms. The Kier molecular flexibility index (Phi) is 6.59. The molecule has 2 aromatic rings. The Hall–Kier alpha value is -2.33. The molecule has 5 heteroatoms. The van der Waals surface area contributed by atoms with Gasteiger partial charge in [0.25, 0.3) is 0 Å². The molecule has 132 valence electrons. The van der Waals surface area contributed by atoms with Gasteiger partial charge >= 0.3 is 0 Å². The summed E-state index contributed by atoms with van der Waals surface area (Å²) in [5, 5.41) is 3.25. The van der Waals surface area contributed by atoms with Crippen LogP contribution in [-0.2, 0) is 22.6 Å². The maximum Gasteiger partial charge on any atom is 0.242 e. The first-order valence-corrected chi connectivity index (χ1v) is 8.59. The van der Waals surface area contributed by atoms with Crippen LogP contribution >= 0.6 is 11.6 Å². The fourth-order valence-corrected chi connectivity index (χ4v) is 2.69. The highest BCUT2D eigenvalue weighted by Gasteiger charge is 2.25. The molecule has 0 fully saturated rings. The summed E-state index contributed by atoms with van der Waals surface area (Å²) in [5.74, 6) is -0.277. The number of amides is 2. The molecule has 1 atom stereocenters. The number of rotatable bonds is 6. The van der Waals surface area contributed by atoms with Gasteiger partial charge in [-0.1, -0.05) is 53.6 Å². The number of aryl methyl sites for hydroxylation is 1. The van der Waals surface area contributed by atoms with Gasteiger partial charge in [-0.3, -0.25) is 9.59 Å². The molecule has 0 saturated heterocycles. The highest BCUT2D eigenvalue weighted by Crippen LogP contribution is 2.15. The van der Waals surface area contributed by atoms with E-state index in [0.717, 1.165) is 16.7 Å².